The maximum absolute atomic E-state index is 5.94. The molecule has 1 fully saturated rings. The van der Waals surface area contributed by atoms with E-state index >= 15 is 0 Å². The van der Waals surface area contributed by atoms with E-state index in [1.165, 1.54) is 17.7 Å². The lowest BCUT2D eigenvalue weighted by Gasteiger charge is -2.19. The number of hydrogen-bond donors (Lipinski definition) is 1. The van der Waals surface area contributed by atoms with Gasteiger partial charge in [-0.3, -0.25) is 4.98 Å². The summed E-state index contributed by atoms with van der Waals surface area (Å²) < 4.78 is 0. The van der Waals surface area contributed by atoms with E-state index in [1.807, 2.05) is 30.6 Å². The van der Waals surface area contributed by atoms with Crippen LogP contribution in [-0.4, -0.2) is 24.6 Å². The average Bonchev–Trinajstić information content (AvgIpc) is 2.98. The first-order valence-electron chi connectivity index (χ1n) is 7.41. The first-order chi connectivity index (χ1) is 10.3. The molecule has 0 saturated carbocycles. The van der Waals surface area contributed by atoms with Gasteiger partial charge in [0.1, 0.15) is 0 Å². The van der Waals surface area contributed by atoms with Gasteiger partial charge in [-0.15, -0.1) is 12.4 Å². The molecule has 1 unspecified atom stereocenters. The summed E-state index contributed by atoms with van der Waals surface area (Å²) in [6.45, 7) is 4.19. The molecule has 1 aliphatic heterocycles. The Kier molecular flexibility index (Phi) is 6.49. The fraction of sp³-hybridized carbons (Fsp3) is 0.353. The van der Waals surface area contributed by atoms with Crippen molar-refractivity contribution in [2.75, 3.05) is 24.5 Å². The molecule has 1 N–H and O–H groups in total. The highest BCUT2D eigenvalue weighted by Gasteiger charge is 2.22. The number of nitrogens with zero attached hydrogens (tertiary/aromatic N) is 2. The number of aromatic nitrogens is 1. The zero-order chi connectivity index (χ0) is 14.5. The molecule has 1 aromatic carbocycles. The second kappa shape index (κ2) is 8.37. The third kappa shape index (κ3) is 4.60. The standard InChI is InChI=1S/C17H20ClN3.ClH/c18-16-3-5-17(6-4-16)21-9-7-15(13-21)12-20-11-14-2-1-8-19-10-14;/h1-6,8,10,15,20H,7,9,11-13H2;1H. The largest absolute Gasteiger partial charge is 0.371 e. The molecule has 0 spiro atoms. The molecule has 118 valence electrons. The Morgan fingerprint density at radius 1 is 1.23 bits per heavy atom. The normalized spacial score (nSPS) is 17.3. The number of nitrogens with one attached hydrogen (secondary N) is 1. The molecule has 1 saturated heterocycles. The van der Waals surface area contributed by atoms with Gasteiger partial charge in [0.2, 0.25) is 0 Å². The molecule has 5 heteroatoms. The van der Waals surface area contributed by atoms with Crippen molar-refractivity contribution < 1.29 is 0 Å². The lowest BCUT2D eigenvalue weighted by Crippen LogP contribution is -2.26. The van der Waals surface area contributed by atoms with Gasteiger partial charge in [0, 0.05) is 49.3 Å². The molecule has 0 amide bonds. The van der Waals surface area contributed by atoms with Crippen molar-refractivity contribution in [1.82, 2.24) is 10.3 Å². The van der Waals surface area contributed by atoms with E-state index in [0.717, 1.165) is 31.2 Å². The number of pyridine rings is 1. The van der Waals surface area contributed by atoms with E-state index in [1.54, 1.807) is 0 Å². The SMILES string of the molecule is Cl.Clc1ccc(N2CCC(CNCc3cccnc3)C2)cc1. The minimum absolute atomic E-state index is 0. The minimum Gasteiger partial charge on any atom is -0.371 e. The predicted octanol–water partition coefficient (Wildman–Crippen LogP) is 3.77. The van der Waals surface area contributed by atoms with Crippen molar-refractivity contribution in [3.63, 3.8) is 0 Å². The van der Waals surface area contributed by atoms with Crippen LogP contribution in [0.1, 0.15) is 12.0 Å². The highest BCUT2D eigenvalue weighted by atomic mass is 35.5. The van der Waals surface area contributed by atoms with E-state index in [2.05, 4.69) is 33.4 Å². The van der Waals surface area contributed by atoms with Gasteiger partial charge in [-0.25, -0.2) is 0 Å². The zero-order valence-electron chi connectivity index (χ0n) is 12.4. The van der Waals surface area contributed by atoms with E-state index in [0.29, 0.717) is 5.92 Å². The average molecular weight is 338 g/mol. The summed E-state index contributed by atoms with van der Waals surface area (Å²) in [5.74, 6) is 0.706. The van der Waals surface area contributed by atoms with Crippen LogP contribution < -0.4 is 10.2 Å². The Labute approximate surface area is 143 Å². The number of anilines is 1. The molecule has 1 aliphatic rings. The molecule has 22 heavy (non-hydrogen) atoms. The fourth-order valence-corrected chi connectivity index (χ4v) is 2.94. The molecule has 2 aromatic rings. The van der Waals surface area contributed by atoms with Gasteiger partial charge < -0.3 is 10.2 Å². The molecule has 3 nitrogen and oxygen atoms in total. The molecular formula is C17H21Cl2N3. The maximum atomic E-state index is 5.94. The number of rotatable bonds is 5. The van der Waals surface area contributed by atoms with Gasteiger partial charge >= 0.3 is 0 Å². The summed E-state index contributed by atoms with van der Waals surface area (Å²) in [6, 6.07) is 12.2. The van der Waals surface area contributed by atoms with E-state index in [4.69, 9.17) is 11.6 Å². The molecule has 1 atom stereocenters. The maximum Gasteiger partial charge on any atom is 0.0407 e. The first kappa shape index (κ1) is 17.1. The van der Waals surface area contributed by atoms with Crippen LogP contribution in [0.5, 0.6) is 0 Å². The Morgan fingerprint density at radius 3 is 2.77 bits per heavy atom. The highest BCUT2D eigenvalue weighted by Crippen LogP contribution is 2.24. The van der Waals surface area contributed by atoms with Gasteiger partial charge in [-0.1, -0.05) is 17.7 Å². The van der Waals surface area contributed by atoms with E-state index < -0.39 is 0 Å². The number of benzene rings is 1. The van der Waals surface area contributed by atoms with Crippen molar-refractivity contribution in [2.45, 2.75) is 13.0 Å². The van der Waals surface area contributed by atoms with Crippen molar-refractivity contribution >= 4 is 29.7 Å². The monoisotopic (exact) mass is 337 g/mol. The van der Waals surface area contributed by atoms with Crippen molar-refractivity contribution in [3.8, 4) is 0 Å². The predicted molar refractivity (Wildman–Crippen MR) is 95.0 cm³/mol. The molecule has 0 bridgehead atoms. The van der Waals surface area contributed by atoms with Crippen LogP contribution in [-0.2, 0) is 6.54 Å². The Morgan fingerprint density at radius 2 is 2.05 bits per heavy atom. The van der Waals surface area contributed by atoms with Crippen LogP contribution >= 0.6 is 24.0 Å². The fourth-order valence-electron chi connectivity index (χ4n) is 2.81. The third-order valence-corrected chi connectivity index (χ3v) is 4.21. The van der Waals surface area contributed by atoms with Gasteiger partial charge in [-0.2, -0.15) is 0 Å². The second-order valence-corrected chi connectivity index (χ2v) is 6.01. The summed E-state index contributed by atoms with van der Waals surface area (Å²) in [5, 5.41) is 4.34. The van der Waals surface area contributed by atoms with Crippen molar-refractivity contribution in [1.29, 1.82) is 0 Å². The summed E-state index contributed by atoms with van der Waals surface area (Å²) in [4.78, 5) is 6.57. The summed E-state index contributed by atoms with van der Waals surface area (Å²) in [6.07, 6.45) is 4.97. The lowest BCUT2D eigenvalue weighted by molar-refractivity contribution is 0.516. The highest BCUT2D eigenvalue weighted by molar-refractivity contribution is 6.30. The summed E-state index contributed by atoms with van der Waals surface area (Å²) in [7, 11) is 0. The molecule has 2 heterocycles. The minimum atomic E-state index is 0. The molecule has 1 aromatic heterocycles. The van der Waals surface area contributed by atoms with Gasteiger partial charge in [0.25, 0.3) is 0 Å². The Hall–Kier alpha value is -1.29. The molecule has 0 radical (unpaired) electrons. The van der Waals surface area contributed by atoms with Crippen LogP contribution in [0, 0.1) is 5.92 Å². The molecule has 3 rings (SSSR count). The first-order valence-corrected chi connectivity index (χ1v) is 7.79. The topological polar surface area (TPSA) is 28.2 Å². The van der Waals surface area contributed by atoms with Crippen LogP contribution in [0.25, 0.3) is 0 Å². The van der Waals surface area contributed by atoms with Crippen molar-refractivity contribution in [2.24, 2.45) is 5.92 Å². The molecule has 0 aliphatic carbocycles. The number of halogens is 2. The Balaban J connectivity index is 0.00000176. The second-order valence-electron chi connectivity index (χ2n) is 5.57. The van der Waals surface area contributed by atoms with Crippen LogP contribution in [0.3, 0.4) is 0 Å². The Bertz CT molecular complexity index is 560. The van der Waals surface area contributed by atoms with Gasteiger partial charge in [-0.05, 0) is 48.2 Å². The van der Waals surface area contributed by atoms with Crippen LogP contribution in [0.15, 0.2) is 48.8 Å². The van der Waals surface area contributed by atoms with Gasteiger partial charge in [0.05, 0.1) is 0 Å². The van der Waals surface area contributed by atoms with E-state index in [9.17, 15) is 0 Å². The molecular weight excluding hydrogens is 317 g/mol. The lowest BCUT2D eigenvalue weighted by atomic mass is 10.1. The van der Waals surface area contributed by atoms with E-state index in [-0.39, 0.29) is 12.4 Å². The smallest absolute Gasteiger partial charge is 0.0407 e. The van der Waals surface area contributed by atoms with Crippen molar-refractivity contribution in [3.05, 3.63) is 59.4 Å². The number of hydrogen-bond acceptors (Lipinski definition) is 3. The third-order valence-electron chi connectivity index (χ3n) is 3.96. The quantitative estimate of drug-likeness (QED) is 0.899. The van der Waals surface area contributed by atoms with Crippen LogP contribution in [0.4, 0.5) is 5.69 Å². The summed E-state index contributed by atoms with van der Waals surface area (Å²) in [5.41, 5.74) is 2.51. The van der Waals surface area contributed by atoms with Gasteiger partial charge in [0.15, 0.2) is 0 Å². The zero-order valence-corrected chi connectivity index (χ0v) is 14.0. The van der Waals surface area contributed by atoms with Crippen LogP contribution in [0.2, 0.25) is 5.02 Å². The summed E-state index contributed by atoms with van der Waals surface area (Å²) >= 11 is 5.94.